The average Bonchev–Trinajstić information content (AvgIpc) is 2.56. The van der Waals surface area contributed by atoms with Crippen LogP contribution in [-0.4, -0.2) is 28.6 Å². The first-order valence-electron chi connectivity index (χ1n) is 6.94. The molecule has 0 radical (unpaired) electrons. The second kappa shape index (κ2) is 7.51. The Bertz CT molecular complexity index is 928. The molecule has 25 heavy (non-hydrogen) atoms. The third-order valence-corrected chi connectivity index (χ3v) is 5.60. The van der Waals surface area contributed by atoms with E-state index in [1.807, 2.05) is 0 Å². The van der Waals surface area contributed by atoms with Crippen molar-refractivity contribution >= 4 is 44.9 Å². The lowest BCUT2D eigenvalue weighted by Crippen LogP contribution is -2.15. The predicted molar refractivity (Wildman–Crippen MR) is 96.3 cm³/mol. The highest BCUT2D eigenvalue weighted by Gasteiger charge is 2.22. The summed E-state index contributed by atoms with van der Waals surface area (Å²) in [6.45, 7) is 1.66. The molecule has 134 valence electrons. The Labute approximate surface area is 155 Å². The van der Waals surface area contributed by atoms with Gasteiger partial charge in [-0.3, -0.25) is 4.72 Å². The highest BCUT2D eigenvalue weighted by Crippen LogP contribution is 2.32. The summed E-state index contributed by atoms with van der Waals surface area (Å²) in [6.07, 6.45) is 0. The van der Waals surface area contributed by atoms with Crippen LogP contribution in [-0.2, 0) is 14.8 Å². The minimum Gasteiger partial charge on any atom is -0.495 e. The maximum absolute atomic E-state index is 12.7. The van der Waals surface area contributed by atoms with Crippen LogP contribution in [0.4, 0.5) is 5.69 Å². The van der Waals surface area contributed by atoms with Gasteiger partial charge in [0.15, 0.2) is 0 Å². The zero-order valence-electron chi connectivity index (χ0n) is 13.6. The fourth-order valence-electron chi connectivity index (χ4n) is 2.07. The summed E-state index contributed by atoms with van der Waals surface area (Å²) < 4.78 is 37.5. The van der Waals surface area contributed by atoms with Crippen molar-refractivity contribution in [3.05, 3.63) is 51.5 Å². The first-order chi connectivity index (χ1) is 11.7. The fourth-order valence-corrected chi connectivity index (χ4v) is 3.96. The van der Waals surface area contributed by atoms with Gasteiger partial charge in [-0.2, -0.15) is 0 Å². The molecule has 0 bridgehead atoms. The normalized spacial score (nSPS) is 11.1. The van der Waals surface area contributed by atoms with E-state index in [1.165, 1.54) is 44.6 Å². The number of hydrogen-bond donors (Lipinski definition) is 1. The predicted octanol–water partition coefficient (Wildman–Crippen LogP) is 3.90. The van der Waals surface area contributed by atoms with E-state index < -0.39 is 16.0 Å². The molecule has 6 nitrogen and oxygen atoms in total. The minimum atomic E-state index is -4.04. The lowest BCUT2D eigenvalue weighted by molar-refractivity contribution is 0.0600. The molecule has 2 aromatic carbocycles. The molecule has 2 rings (SSSR count). The van der Waals surface area contributed by atoms with Crippen molar-refractivity contribution in [2.45, 2.75) is 11.8 Å². The highest BCUT2D eigenvalue weighted by atomic mass is 35.5. The van der Waals surface area contributed by atoms with Crippen molar-refractivity contribution in [1.82, 2.24) is 0 Å². The molecule has 0 aromatic heterocycles. The minimum absolute atomic E-state index is 0.0220. The van der Waals surface area contributed by atoms with Gasteiger partial charge in [-0.25, -0.2) is 13.2 Å². The molecule has 0 heterocycles. The summed E-state index contributed by atoms with van der Waals surface area (Å²) in [6, 6.07) is 6.96. The van der Waals surface area contributed by atoms with Gasteiger partial charge >= 0.3 is 5.97 Å². The zero-order chi connectivity index (χ0) is 18.8. The van der Waals surface area contributed by atoms with Crippen LogP contribution >= 0.6 is 23.2 Å². The van der Waals surface area contributed by atoms with Gasteiger partial charge < -0.3 is 9.47 Å². The summed E-state index contributed by atoms with van der Waals surface area (Å²) >= 11 is 12.0. The molecule has 0 saturated carbocycles. The first kappa shape index (κ1) is 19.4. The van der Waals surface area contributed by atoms with Crippen molar-refractivity contribution in [2.24, 2.45) is 0 Å². The Morgan fingerprint density at radius 3 is 2.36 bits per heavy atom. The molecule has 0 aliphatic carbocycles. The number of aryl methyl sites for hydroxylation is 1. The van der Waals surface area contributed by atoms with Crippen molar-refractivity contribution in [1.29, 1.82) is 0 Å². The molecule has 1 N–H and O–H groups in total. The lowest BCUT2D eigenvalue weighted by atomic mass is 10.2. The van der Waals surface area contributed by atoms with E-state index in [0.717, 1.165) is 0 Å². The molecular weight excluding hydrogens is 389 g/mol. The summed E-state index contributed by atoms with van der Waals surface area (Å²) in [5.74, 6) is -0.374. The number of rotatable bonds is 5. The van der Waals surface area contributed by atoms with E-state index in [0.29, 0.717) is 10.6 Å². The van der Waals surface area contributed by atoms with Crippen LogP contribution in [0.5, 0.6) is 5.75 Å². The van der Waals surface area contributed by atoms with Crippen molar-refractivity contribution in [3.63, 3.8) is 0 Å². The summed E-state index contributed by atoms with van der Waals surface area (Å²) in [7, 11) is -1.43. The van der Waals surface area contributed by atoms with E-state index >= 15 is 0 Å². The Morgan fingerprint density at radius 2 is 1.76 bits per heavy atom. The number of methoxy groups -OCH3 is 2. The van der Waals surface area contributed by atoms with Crippen LogP contribution in [0.25, 0.3) is 0 Å². The standard InChI is InChI=1S/C16H15Cl2NO5S/c1-9-6-15(12(18)8-11(9)17)25(21,22)19-13-7-10(16(20)24-3)4-5-14(13)23-2/h4-8,19H,1-3H3. The number of esters is 1. The third kappa shape index (κ3) is 4.18. The summed E-state index contributed by atoms with van der Waals surface area (Å²) in [5.41, 5.74) is 0.801. The quantitative estimate of drug-likeness (QED) is 0.765. The van der Waals surface area contributed by atoms with Crippen LogP contribution in [0.3, 0.4) is 0 Å². The SMILES string of the molecule is COC(=O)c1ccc(OC)c(NS(=O)(=O)c2cc(C)c(Cl)cc2Cl)c1. The molecule has 9 heteroatoms. The number of carbonyl (C=O) groups is 1. The van der Waals surface area contributed by atoms with Gasteiger partial charge in [0, 0.05) is 5.02 Å². The van der Waals surface area contributed by atoms with E-state index in [9.17, 15) is 13.2 Å². The molecular formula is C16H15Cl2NO5S. The fraction of sp³-hybridized carbons (Fsp3) is 0.188. The van der Waals surface area contributed by atoms with E-state index in [2.05, 4.69) is 9.46 Å². The zero-order valence-corrected chi connectivity index (χ0v) is 15.9. The smallest absolute Gasteiger partial charge is 0.337 e. The molecule has 0 unspecified atom stereocenters. The highest BCUT2D eigenvalue weighted by molar-refractivity contribution is 7.92. The van der Waals surface area contributed by atoms with Crippen LogP contribution in [0.15, 0.2) is 35.2 Å². The number of ether oxygens (including phenoxy) is 2. The van der Waals surface area contributed by atoms with Gasteiger partial charge in [-0.1, -0.05) is 23.2 Å². The van der Waals surface area contributed by atoms with Crippen molar-refractivity contribution < 1.29 is 22.7 Å². The van der Waals surface area contributed by atoms with Gasteiger partial charge in [0.2, 0.25) is 0 Å². The van der Waals surface area contributed by atoms with Crippen LogP contribution in [0.1, 0.15) is 15.9 Å². The van der Waals surface area contributed by atoms with E-state index in [-0.39, 0.29) is 26.9 Å². The molecule has 0 spiro atoms. The molecule has 0 amide bonds. The third-order valence-electron chi connectivity index (χ3n) is 3.37. The maximum Gasteiger partial charge on any atom is 0.337 e. The summed E-state index contributed by atoms with van der Waals surface area (Å²) in [4.78, 5) is 11.5. The largest absolute Gasteiger partial charge is 0.495 e. The van der Waals surface area contributed by atoms with Crippen LogP contribution < -0.4 is 9.46 Å². The van der Waals surface area contributed by atoms with Crippen molar-refractivity contribution in [3.8, 4) is 5.75 Å². The number of hydrogen-bond acceptors (Lipinski definition) is 5. The van der Waals surface area contributed by atoms with Gasteiger partial charge in [0.25, 0.3) is 10.0 Å². The number of benzene rings is 2. The number of sulfonamides is 1. The van der Waals surface area contributed by atoms with Gasteiger partial charge in [-0.15, -0.1) is 0 Å². The Morgan fingerprint density at radius 1 is 1.08 bits per heavy atom. The van der Waals surface area contributed by atoms with Crippen LogP contribution in [0.2, 0.25) is 10.0 Å². The maximum atomic E-state index is 12.7. The van der Waals surface area contributed by atoms with Gasteiger partial charge in [0.1, 0.15) is 10.6 Å². The second-order valence-electron chi connectivity index (χ2n) is 5.04. The van der Waals surface area contributed by atoms with Crippen molar-refractivity contribution in [2.75, 3.05) is 18.9 Å². The molecule has 0 atom stereocenters. The molecule has 0 saturated heterocycles. The van der Waals surface area contributed by atoms with Gasteiger partial charge in [0.05, 0.1) is 30.5 Å². The van der Waals surface area contributed by atoms with Gasteiger partial charge in [-0.05, 0) is 42.8 Å². The Hall–Kier alpha value is -1.96. The molecule has 0 fully saturated rings. The molecule has 2 aromatic rings. The van der Waals surface area contributed by atoms with E-state index in [4.69, 9.17) is 27.9 Å². The topological polar surface area (TPSA) is 81.7 Å². The molecule has 0 aliphatic heterocycles. The Kier molecular flexibility index (Phi) is 5.82. The lowest BCUT2D eigenvalue weighted by Gasteiger charge is -2.14. The Balaban J connectivity index is 2.50. The monoisotopic (exact) mass is 403 g/mol. The van der Waals surface area contributed by atoms with E-state index in [1.54, 1.807) is 6.92 Å². The number of halogens is 2. The average molecular weight is 404 g/mol. The number of nitrogens with one attached hydrogen (secondary N) is 1. The second-order valence-corrected chi connectivity index (χ2v) is 7.51. The molecule has 0 aliphatic rings. The first-order valence-corrected chi connectivity index (χ1v) is 9.18. The summed E-state index contributed by atoms with van der Waals surface area (Å²) in [5, 5.41) is 0.334. The number of carbonyl (C=O) groups excluding carboxylic acids is 1. The number of anilines is 1. The van der Waals surface area contributed by atoms with Crippen LogP contribution in [0, 0.1) is 6.92 Å².